The van der Waals surface area contributed by atoms with Crippen LogP contribution in [-0.2, 0) is 12.1 Å². The average molecular weight is 371 g/mol. The van der Waals surface area contributed by atoms with E-state index in [2.05, 4.69) is 15.1 Å². The lowest BCUT2D eigenvalue weighted by atomic mass is 10.1. The van der Waals surface area contributed by atoms with Crippen LogP contribution < -0.4 is 10.3 Å². The molecule has 0 N–H and O–H groups in total. The van der Waals surface area contributed by atoms with Gasteiger partial charge in [0.05, 0.1) is 11.7 Å². The van der Waals surface area contributed by atoms with E-state index in [1.165, 1.54) is 10.9 Å². The molecule has 3 rings (SSSR count). The Labute approximate surface area is 156 Å². The number of benzene rings is 1. The lowest BCUT2D eigenvalue weighted by Gasteiger charge is -2.21. The molecule has 0 saturated heterocycles. The summed E-state index contributed by atoms with van der Waals surface area (Å²) in [4.78, 5) is 20.8. The summed E-state index contributed by atoms with van der Waals surface area (Å²) in [5, 5.41) is 4.19. The van der Waals surface area contributed by atoms with Gasteiger partial charge in [0.2, 0.25) is 0 Å². The van der Waals surface area contributed by atoms with Crippen molar-refractivity contribution in [3.8, 4) is 17.1 Å². The van der Waals surface area contributed by atoms with Gasteiger partial charge in [-0.2, -0.15) is 5.10 Å². The van der Waals surface area contributed by atoms with Crippen molar-refractivity contribution in [3.05, 3.63) is 69.9 Å². The first kappa shape index (κ1) is 18.1. The molecule has 26 heavy (non-hydrogen) atoms. The molecule has 2 aromatic heterocycles. The van der Waals surface area contributed by atoms with Gasteiger partial charge in [0, 0.05) is 18.0 Å². The second kappa shape index (κ2) is 7.25. The third kappa shape index (κ3) is 3.91. The van der Waals surface area contributed by atoms with Crippen LogP contribution in [0.3, 0.4) is 0 Å². The fourth-order valence-corrected chi connectivity index (χ4v) is 2.54. The van der Waals surface area contributed by atoms with Crippen LogP contribution in [0.25, 0.3) is 11.4 Å². The Balaban J connectivity index is 1.74. The molecule has 0 radical (unpaired) electrons. The highest BCUT2D eigenvalue weighted by molar-refractivity contribution is 6.31. The van der Waals surface area contributed by atoms with E-state index in [1.54, 1.807) is 18.5 Å². The van der Waals surface area contributed by atoms with Crippen molar-refractivity contribution in [1.82, 2.24) is 19.7 Å². The Morgan fingerprint density at radius 3 is 2.38 bits per heavy atom. The zero-order valence-electron chi connectivity index (χ0n) is 14.8. The summed E-state index contributed by atoms with van der Waals surface area (Å²) < 4.78 is 7.02. The van der Waals surface area contributed by atoms with Gasteiger partial charge in [0.15, 0.2) is 16.6 Å². The minimum absolute atomic E-state index is 0.0317. The maximum absolute atomic E-state index is 12.3. The van der Waals surface area contributed by atoms with Crippen LogP contribution in [0.2, 0.25) is 5.02 Å². The van der Waals surface area contributed by atoms with Crippen molar-refractivity contribution in [2.75, 3.05) is 0 Å². The Hall–Kier alpha value is -2.73. The molecular weight excluding hydrogens is 352 g/mol. The maximum atomic E-state index is 12.3. The first-order valence-corrected chi connectivity index (χ1v) is 8.51. The van der Waals surface area contributed by atoms with Crippen molar-refractivity contribution in [2.45, 2.75) is 32.9 Å². The van der Waals surface area contributed by atoms with Crippen LogP contribution in [-0.4, -0.2) is 19.7 Å². The number of rotatable bonds is 4. The highest BCUT2D eigenvalue weighted by Gasteiger charge is 2.19. The van der Waals surface area contributed by atoms with Gasteiger partial charge in [-0.15, -0.1) is 0 Å². The van der Waals surface area contributed by atoms with E-state index in [1.807, 2.05) is 45.0 Å². The Morgan fingerprint density at radius 1 is 1.12 bits per heavy atom. The van der Waals surface area contributed by atoms with E-state index in [4.69, 9.17) is 16.3 Å². The second-order valence-electron chi connectivity index (χ2n) is 6.77. The first-order valence-electron chi connectivity index (χ1n) is 8.14. The Bertz CT molecular complexity index is 948. The van der Waals surface area contributed by atoms with Gasteiger partial charge in [-0.1, -0.05) is 35.9 Å². The van der Waals surface area contributed by atoms with Crippen molar-refractivity contribution in [1.29, 1.82) is 0 Å². The molecule has 2 heterocycles. The SMILES string of the molecule is CC(C)(C)n1ncc(OCc2ccc(-c3ncccn3)cc2)c(Cl)c1=O. The van der Waals surface area contributed by atoms with Crippen molar-refractivity contribution < 1.29 is 4.74 Å². The van der Waals surface area contributed by atoms with Crippen molar-refractivity contribution >= 4 is 11.6 Å². The molecule has 134 valence electrons. The summed E-state index contributed by atoms with van der Waals surface area (Å²) in [5.74, 6) is 0.936. The van der Waals surface area contributed by atoms with E-state index >= 15 is 0 Å². The van der Waals surface area contributed by atoms with E-state index in [9.17, 15) is 4.79 Å². The largest absolute Gasteiger partial charge is 0.485 e. The van der Waals surface area contributed by atoms with Gasteiger partial charge >= 0.3 is 0 Å². The molecule has 7 heteroatoms. The van der Waals surface area contributed by atoms with Gasteiger partial charge in [-0.05, 0) is 32.4 Å². The molecule has 6 nitrogen and oxygen atoms in total. The quantitative estimate of drug-likeness (QED) is 0.700. The monoisotopic (exact) mass is 370 g/mol. The van der Waals surface area contributed by atoms with E-state index in [0.717, 1.165) is 11.1 Å². The average Bonchev–Trinajstić information content (AvgIpc) is 2.63. The van der Waals surface area contributed by atoms with Gasteiger partial charge in [0.1, 0.15) is 6.61 Å². The molecule has 0 bridgehead atoms. The number of ether oxygens (including phenoxy) is 1. The molecule has 0 aliphatic carbocycles. The van der Waals surface area contributed by atoms with Gasteiger partial charge < -0.3 is 4.74 Å². The molecule has 0 saturated carbocycles. The topological polar surface area (TPSA) is 69.9 Å². The molecule has 0 spiro atoms. The van der Waals surface area contributed by atoms with Crippen LogP contribution in [0.5, 0.6) is 5.75 Å². The summed E-state index contributed by atoms with van der Waals surface area (Å²) in [6.45, 7) is 5.93. The molecule has 0 aliphatic rings. The summed E-state index contributed by atoms with van der Waals surface area (Å²) in [7, 11) is 0. The van der Waals surface area contributed by atoms with Crippen LogP contribution in [0.15, 0.2) is 53.7 Å². The second-order valence-corrected chi connectivity index (χ2v) is 7.15. The first-order chi connectivity index (χ1) is 12.4. The zero-order chi connectivity index (χ0) is 18.7. The number of hydrogen-bond acceptors (Lipinski definition) is 5. The van der Waals surface area contributed by atoms with Crippen LogP contribution in [0.1, 0.15) is 26.3 Å². The normalized spacial score (nSPS) is 11.4. The summed E-state index contributed by atoms with van der Waals surface area (Å²) in [6.07, 6.45) is 4.88. The molecule has 0 aliphatic heterocycles. The van der Waals surface area contributed by atoms with Crippen LogP contribution in [0.4, 0.5) is 0 Å². The summed E-state index contributed by atoms with van der Waals surface area (Å²) >= 11 is 6.16. The molecule has 0 fully saturated rings. The smallest absolute Gasteiger partial charge is 0.289 e. The van der Waals surface area contributed by atoms with E-state index < -0.39 is 5.54 Å². The lowest BCUT2D eigenvalue weighted by molar-refractivity contribution is 0.292. The van der Waals surface area contributed by atoms with Crippen LogP contribution >= 0.6 is 11.6 Å². The number of hydrogen-bond donors (Lipinski definition) is 0. The molecule has 0 atom stereocenters. The zero-order valence-corrected chi connectivity index (χ0v) is 15.6. The van der Waals surface area contributed by atoms with Gasteiger partial charge in [-0.3, -0.25) is 4.79 Å². The van der Waals surface area contributed by atoms with Gasteiger partial charge in [0.25, 0.3) is 5.56 Å². The molecule has 1 aromatic carbocycles. The fourth-order valence-electron chi connectivity index (χ4n) is 2.36. The predicted octanol–water partition coefficient (Wildman–Crippen LogP) is 3.69. The van der Waals surface area contributed by atoms with Crippen molar-refractivity contribution in [2.24, 2.45) is 0 Å². The fraction of sp³-hybridized carbons (Fsp3) is 0.263. The highest BCUT2D eigenvalue weighted by atomic mass is 35.5. The Kier molecular flexibility index (Phi) is 5.04. The summed E-state index contributed by atoms with van der Waals surface area (Å²) in [5.41, 5.74) is 1.03. The third-order valence-corrected chi connectivity index (χ3v) is 4.04. The number of aromatic nitrogens is 4. The standard InChI is InChI=1S/C19H19ClN4O2/c1-19(2,3)24-18(25)16(20)15(11-23-24)26-12-13-5-7-14(8-6-13)17-21-9-4-10-22-17/h4-11H,12H2,1-3H3. The molecule has 0 unspecified atom stereocenters. The molecule has 0 amide bonds. The van der Waals surface area contributed by atoms with Crippen molar-refractivity contribution in [3.63, 3.8) is 0 Å². The maximum Gasteiger partial charge on any atom is 0.289 e. The minimum atomic E-state index is -0.450. The predicted molar refractivity (Wildman–Crippen MR) is 100 cm³/mol. The van der Waals surface area contributed by atoms with E-state index in [-0.39, 0.29) is 22.9 Å². The number of halogens is 1. The molecule has 3 aromatic rings. The van der Waals surface area contributed by atoms with Crippen LogP contribution in [0, 0.1) is 0 Å². The minimum Gasteiger partial charge on any atom is -0.485 e. The highest BCUT2D eigenvalue weighted by Crippen LogP contribution is 2.22. The third-order valence-electron chi connectivity index (χ3n) is 3.69. The van der Waals surface area contributed by atoms with E-state index in [0.29, 0.717) is 5.82 Å². The van der Waals surface area contributed by atoms with Gasteiger partial charge in [-0.25, -0.2) is 14.6 Å². The Morgan fingerprint density at radius 2 is 1.77 bits per heavy atom. The molecular formula is C19H19ClN4O2. The summed E-state index contributed by atoms with van der Waals surface area (Å²) in [6, 6.07) is 9.46. The number of nitrogens with zero attached hydrogens (tertiary/aromatic N) is 4. The lowest BCUT2D eigenvalue weighted by Crippen LogP contribution is -2.36.